The zero-order valence-electron chi connectivity index (χ0n) is 13.4. The summed E-state index contributed by atoms with van der Waals surface area (Å²) in [5.41, 5.74) is -1.08. The van der Waals surface area contributed by atoms with Crippen LogP contribution in [0.15, 0.2) is 48.5 Å². The van der Waals surface area contributed by atoms with Crippen molar-refractivity contribution < 1.29 is 26.4 Å². The molecular weight excluding hydrogens is 393 g/mol. The monoisotopic (exact) mass is 406 g/mol. The molecule has 140 valence electrons. The second kappa shape index (κ2) is 7.55. The van der Waals surface area contributed by atoms with Gasteiger partial charge in [0.1, 0.15) is 6.54 Å². The van der Waals surface area contributed by atoms with Gasteiger partial charge in [-0.1, -0.05) is 29.8 Å². The van der Waals surface area contributed by atoms with Crippen molar-refractivity contribution in [3.8, 4) is 0 Å². The molecule has 0 unspecified atom stereocenters. The van der Waals surface area contributed by atoms with E-state index in [1.807, 2.05) is 0 Å². The van der Waals surface area contributed by atoms with Crippen LogP contribution < -0.4 is 9.62 Å². The van der Waals surface area contributed by atoms with Crippen LogP contribution in [0.2, 0.25) is 5.02 Å². The van der Waals surface area contributed by atoms with Crippen LogP contribution in [0.5, 0.6) is 0 Å². The number of anilines is 2. The maximum Gasteiger partial charge on any atom is 0.416 e. The van der Waals surface area contributed by atoms with E-state index in [1.54, 1.807) is 30.3 Å². The van der Waals surface area contributed by atoms with Crippen LogP contribution in [0, 0.1) is 0 Å². The van der Waals surface area contributed by atoms with Gasteiger partial charge < -0.3 is 5.32 Å². The average molecular weight is 407 g/mol. The Morgan fingerprint density at radius 1 is 1.15 bits per heavy atom. The fourth-order valence-corrected chi connectivity index (χ4v) is 3.24. The first-order valence-corrected chi connectivity index (χ1v) is 9.40. The summed E-state index contributed by atoms with van der Waals surface area (Å²) in [6, 6.07) is 10.5. The molecule has 0 bridgehead atoms. The van der Waals surface area contributed by atoms with Gasteiger partial charge in [0.05, 0.1) is 22.5 Å². The number of amides is 1. The number of benzene rings is 2. The van der Waals surface area contributed by atoms with Gasteiger partial charge in [-0.2, -0.15) is 13.2 Å². The number of nitrogens with zero attached hydrogens (tertiary/aromatic N) is 1. The van der Waals surface area contributed by atoms with Crippen LogP contribution in [-0.2, 0) is 21.0 Å². The molecule has 1 N–H and O–H groups in total. The zero-order valence-corrected chi connectivity index (χ0v) is 15.0. The van der Waals surface area contributed by atoms with Crippen LogP contribution in [0.4, 0.5) is 24.5 Å². The van der Waals surface area contributed by atoms with E-state index in [1.165, 1.54) is 0 Å². The van der Waals surface area contributed by atoms with Crippen molar-refractivity contribution in [1.29, 1.82) is 0 Å². The topological polar surface area (TPSA) is 66.5 Å². The van der Waals surface area contributed by atoms with Gasteiger partial charge in [0.15, 0.2) is 0 Å². The molecule has 26 heavy (non-hydrogen) atoms. The van der Waals surface area contributed by atoms with Crippen LogP contribution in [0.25, 0.3) is 0 Å². The van der Waals surface area contributed by atoms with E-state index in [0.29, 0.717) is 16.1 Å². The van der Waals surface area contributed by atoms with E-state index in [2.05, 4.69) is 5.32 Å². The van der Waals surface area contributed by atoms with Crippen molar-refractivity contribution in [1.82, 2.24) is 0 Å². The smallest absolute Gasteiger partial charge is 0.325 e. The van der Waals surface area contributed by atoms with Gasteiger partial charge in [-0.05, 0) is 30.3 Å². The molecule has 0 aliphatic heterocycles. The van der Waals surface area contributed by atoms with Crippen LogP contribution in [0.3, 0.4) is 0 Å². The molecule has 2 aromatic rings. The number of alkyl halides is 3. The fourth-order valence-electron chi connectivity index (χ4n) is 2.11. The van der Waals surface area contributed by atoms with E-state index >= 15 is 0 Å². The maximum absolute atomic E-state index is 12.9. The third kappa shape index (κ3) is 5.12. The molecule has 0 aliphatic carbocycles. The Kier molecular flexibility index (Phi) is 5.82. The van der Waals surface area contributed by atoms with Gasteiger partial charge >= 0.3 is 6.18 Å². The van der Waals surface area contributed by atoms with Gasteiger partial charge in [-0.15, -0.1) is 0 Å². The molecule has 0 saturated heterocycles. The minimum atomic E-state index is -4.69. The molecule has 1 amide bonds. The van der Waals surface area contributed by atoms with Crippen molar-refractivity contribution in [3.63, 3.8) is 0 Å². The molecule has 10 heteroatoms. The number of hydrogen-bond acceptors (Lipinski definition) is 3. The first kappa shape index (κ1) is 20.1. The Balaban J connectivity index is 2.36. The number of para-hydroxylation sites is 1. The molecule has 5 nitrogen and oxygen atoms in total. The Morgan fingerprint density at radius 3 is 2.31 bits per heavy atom. The van der Waals surface area contributed by atoms with E-state index in [-0.39, 0.29) is 5.02 Å². The average Bonchev–Trinajstić information content (AvgIpc) is 2.52. The molecule has 0 aromatic heterocycles. The quantitative estimate of drug-likeness (QED) is 0.822. The lowest BCUT2D eigenvalue weighted by Crippen LogP contribution is -2.37. The van der Waals surface area contributed by atoms with Crippen molar-refractivity contribution in [2.45, 2.75) is 6.18 Å². The summed E-state index contributed by atoms with van der Waals surface area (Å²) in [5.74, 6) is -0.727. The highest BCUT2D eigenvalue weighted by Gasteiger charge is 2.33. The molecule has 2 rings (SSSR count). The summed E-state index contributed by atoms with van der Waals surface area (Å²) in [6.45, 7) is -0.727. The van der Waals surface area contributed by atoms with E-state index in [4.69, 9.17) is 11.6 Å². The van der Waals surface area contributed by atoms with Crippen LogP contribution in [-0.4, -0.2) is 27.1 Å². The van der Waals surface area contributed by atoms with Crippen molar-refractivity contribution in [3.05, 3.63) is 59.1 Å². The molecular formula is C16H14ClF3N2O3S. The minimum Gasteiger partial charge on any atom is -0.325 e. The zero-order chi connectivity index (χ0) is 19.5. The van der Waals surface area contributed by atoms with E-state index < -0.39 is 39.9 Å². The van der Waals surface area contributed by atoms with Gasteiger partial charge in [0.25, 0.3) is 0 Å². The molecule has 0 radical (unpaired) electrons. The standard InChI is InChI=1S/C16H14ClF3N2O3S/c1-26(24,25)22(10-15(23)21-12-5-3-2-4-6-12)14-9-11(16(18,19)20)7-8-13(14)17/h2-9H,10H2,1H3,(H,21,23). The van der Waals surface area contributed by atoms with Crippen molar-refractivity contribution in [2.75, 3.05) is 22.4 Å². The Morgan fingerprint density at radius 2 is 1.77 bits per heavy atom. The van der Waals surface area contributed by atoms with Crippen molar-refractivity contribution >= 4 is 38.9 Å². The minimum absolute atomic E-state index is 0.226. The predicted molar refractivity (Wildman–Crippen MR) is 93.7 cm³/mol. The van der Waals surface area contributed by atoms with Gasteiger partial charge in [-0.25, -0.2) is 8.42 Å². The summed E-state index contributed by atoms with van der Waals surface area (Å²) in [5, 5.41) is 2.24. The number of carbonyl (C=O) groups excluding carboxylic acids is 1. The lowest BCUT2D eigenvalue weighted by Gasteiger charge is -2.24. The first-order chi connectivity index (χ1) is 12.0. The fraction of sp³-hybridized carbons (Fsp3) is 0.188. The van der Waals surface area contributed by atoms with Crippen LogP contribution >= 0.6 is 11.6 Å². The summed E-state index contributed by atoms with van der Waals surface area (Å²) >= 11 is 5.89. The SMILES string of the molecule is CS(=O)(=O)N(CC(=O)Nc1ccccc1)c1cc(C(F)(F)F)ccc1Cl. The third-order valence-electron chi connectivity index (χ3n) is 3.29. The first-order valence-electron chi connectivity index (χ1n) is 7.18. The maximum atomic E-state index is 12.9. The summed E-state index contributed by atoms with van der Waals surface area (Å²) in [6.07, 6.45) is -3.91. The molecule has 0 saturated carbocycles. The lowest BCUT2D eigenvalue weighted by atomic mass is 10.2. The van der Waals surface area contributed by atoms with Crippen LogP contribution in [0.1, 0.15) is 5.56 Å². The second-order valence-electron chi connectivity index (χ2n) is 5.35. The second-order valence-corrected chi connectivity index (χ2v) is 7.66. The molecule has 0 aliphatic rings. The van der Waals surface area contributed by atoms with Gasteiger partial charge in [0.2, 0.25) is 15.9 Å². The van der Waals surface area contributed by atoms with Gasteiger partial charge in [-0.3, -0.25) is 9.10 Å². The molecule has 0 spiro atoms. The Labute approximate surface area is 153 Å². The predicted octanol–water partition coefficient (Wildman–Crippen LogP) is 3.76. The lowest BCUT2D eigenvalue weighted by molar-refractivity contribution is -0.137. The number of halogens is 4. The number of nitrogens with one attached hydrogen (secondary N) is 1. The van der Waals surface area contributed by atoms with E-state index in [9.17, 15) is 26.4 Å². The molecule has 0 atom stereocenters. The highest BCUT2D eigenvalue weighted by atomic mass is 35.5. The molecule has 2 aromatic carbocycles. The van der Waals surface area contributed by atoms with E-state index in [0.717, 1.165) is 18.4 Å². The number of carbonyl (C=O) groups is 1. The molecule has 0 heterocycles. The normalized spacial score (nSPS) is 11.9. The molecule has 0 fully saturated rings. The highest BCUT2D eigenvalue weighted by molar-refractivity contribution is 7.92. The summed E-state index contributed by atoms with van der Waals surface area (Å²) < 4.78 is 63.4. The van der Waals surface area contributed by atoms with Crippen molar-refractivity contribution in [2.24, 2.45) is 0 Å². The largest absolute Gasteiger partial charge is 0.416 e. The van der Waals surface area contributed by atoms with Gasteiger partial charge in [0, 0.05) is 5.69 Å². The number of rotatable bonds is 5. The number of sulfonamides is 1. The summed E-state index contributed by atoms with van der Waals surface area (Å²) in [7, 11) is -4.07. The number of hydrogen-bond donors (Lipinski definition) is 1. The Hall–Kier alpha value is -2.26. The third-order valence-corrected chi connectivity index (χ3v) is 4.73. The summed E-state index contributed by atoms with van der Waals surface area (Å²) in [4.78, 5) is 12.2. The highest BCUT2D eigenvalue weighted by Crippen LogP contribution is 2.36. The Bertz CT molecular complexity index is 903.